The summed E-state index contributed by atoms with van der Waals surface area (Å²) in [7, 11) is 0. The van der Waals surface area contributed by atoms with E-state index in [1.54, 1.807) is 0 Å². The van der Waals surface area contributed by atoms with Crippen LogP contribution in [0.1, 0.15) is 37.4 Å². The lowest BCUT2D eigenvalue weighted by Gasteiger charge is -2.04. The van der Waals surface area contributed by atoms with Crippen LogP contribution in [0, 0.1) is 11.8 Å². The lowest BCUT2D eigenvalue weighted by molar-refractivity contribution is 0.381. The molecule has 2 N–H and O–H groups in total. The minimum atomic E-state index is 0.478. The van der Waals surface area contributed by atoms with Gasteiger partial charge in [0.2, 0.25) is 0 Å². The van der Waals surface area contributed by atoms with Crippen LogP contribution in [0.2, 0.25) is 5.02 Å². The van der Waals surface area contributed by atoms with Crippen molar-refractivity contribution in [1.82, 2.24) is 5.16 Å². The predicted molar refractivity (Wildman–Crippen MR) is 79.6 cm³/mol. The first-order valence-corrected chi connectivity index (χ1v) is 7.64. The summed E-state index contributed by atoms with van der Waals surface area (Å²) >= 11 is 6.09. The number of hydrogen-bond donors (Lipinski definition) is 1. The summed E-state index contributed by atoms with van der Waals surface area (Å²) in [5.74, 6) is 3.51. The second-order valence-electron chi connectivity index (χ2n) is 5.96. The van der Waals surface area contributed by atoms with Crippen LogP contribution in [0.4, 0.5) is 5.82 Å². The molecule has 2 fully saturated rings. The minimum Gasteiger partial charge on any atom is -0.380 e. The third-order valence-electron chi connectivity index (χ3n) is 4.82. The van der Waals surface area contributed by atoms with Crippen LogP contribution < -0.4 is 5.73 Å². The Hall–Kier alpha value is -1.48. The Kier molecular flexibility index (Phi) is 2.77. The second-order valence-corrected chi connectivity index (χ2v) is 6.39. The van der Waals surface area contributed by atoms with E-state index in [0.29, 0.717) is 16.8 Å². The van der Waals surface area contributed by atoms with Crippen molar-refractivity contribution in [2.45, 2.75) is 31.6 Å². The van der Waals surface area contributed by atoms with Crippen LogP contribution in [0.5, 0.6) is 0 Å². The van der Waals surface area contributed by atoms with Gasteiger partial charge in [-0.05, 0) is 42.4 Å². The van der Waals surface area contributed by atoms with E-state index in [2.05, 4.69) is 5.16 Å². The molecule has 1 heterocycles. The van der Waals surface area contributed by atoms with Crippen LogP contribution in [0.25, 0.3) is 11.1 Å². The summed E-state index contributed by atoms with van der Waals surface area (Å²) in [4.78, 5) is 0. The van der Waals surface area contributed by atoms with E-state index in [-0.39, 0.29) is 0 Å². The Labute approximate surface area is 123 Å². The van der Waals surface area contributed by atoms with Crippen molar-refractivity contribution < 1.29 is 4.52 Å². The summed E-state index contributed by atoms with van der Waals surface area (Å²) in [5.41, 5.74) is 7.99. The molecule has 2 atom stereocenters. The average Bonchev–Trinajstić information content (AvgIpc) is 3.06. The molecule has 3 nitrogen and oxygen atoms in total. The van der Waals surface area contributed by atoms with E-state index < -0.39 is 0 Å². The number of fused-ring (bicyclic) bond motifs is 1. The molecular formula is C16H17ClN2O. The molecule has 4 heteroatoms. The quantitative estimate of drug-likeness (QED) is 0.886. The van der Waals surface area contributed by atoms with Gasteiger partial charge in [-0.25, -0.2) is 0 Å². The van der Waals surface area contributed by atoms with Crippen LogP contribution in [-0.2, 0) is 0 Å². The topological polar surface area (TPSA) is 52.0 Å². The van der Waals surface area contributed by atoms with Gasteiger partial charge in [0.1, 0.15) is 5.76 Å². The number of halogens is 1. The zero-order chi connectivity index (χ0) is 13.7. The van der Waals surface area contributed by atoms with Crippen molar-refractivity contribution >= 4 is 17.4 Å². The monoisotopic (exact) mass is 288 g/mol. The van der Waals surface area contributed by atoms with Gasteiger partial charge < -0.3 is 10.3 Å². The molecule has 2 aliphatic carbocycles. The van der Waals surface area contributed by atoms with Crippen molar-refractivity contribution in [1.29, 1.82) is 0 Å². The summed E-state index contributed by atoms with van der Waals surface area (Å²) in [6.45, 7) is 0. The van der Waals surface area contributed by atoms with E-state index in [1.807, 2.05) is 24.3 Å². The fraction of sp³-hybridized carbons (Fsp3) is 0.438. The van der Waals surface area contributed by atoms with Gasteiger partial charge >= 0.3 is 0 Å². The van der Waals surface area contributed by atoms with E-state index in [4.69, 9.17) is 21.9 Å². The first-order valence-electron chi connectivity index (χ1n) is 7.26. The standard InChI is InChI=1S/C16H17ClN2O/c17-10-5-3-4-9(8-10)13-15(20-19-16(13)18)14-11-6-1-2-7-12(11)14/h3-5,8,11-12,14H,1-2,6-7H2,(H2,18,19). The van der Waals surface area contributed by atoms with Crippen LogP contribution >= 0.6 is 11.6 Å². The van der Waals surface area contributed by atoms with E-state index >= 15 is 0 Å². The van der Waals surface area contributed by atoms with Crippen molar-refractivity contribution in [3.63, 3.8) is 0 Å². The van der Waals surface area contributed by atoms with Crippen LogP contribution in [-0.4, -0.2) is 5.16 Å². The lowest BCUT2D eigenvalue weighted by atomic mass is 10.0. The van der Waals surface area contributed by atoms with Gasteiger partial charge in [0, 0.05) is 10.9 Å². The number of nitrogen functional groups attached to an aromatic ring is 1. The molecule has 0 bridgehead atoms. The Balaban J connectivity index is 1.75. The smallest absolute Gasteiger partial charge is 0.175 e. The van der Waals surface area contributed by atoms with Crippen molar-refractivity contribution in [3.8, 4) is 11.1 Å². The first kappa shape index (κ1) is 12.3. The molecule has 2 saturated carbocycles. The number of nitrogens with zero attached hydrogens (tertiary/aromatic N) is 1. The highest BCUT2D eigenvalue weighted by Crippen LogP contribution is 2.63. The SMILES string of the molecule is Nc1noc(C2C3CCCCC32)c1-c1cccc(Cl)c1. The molecule has 0 spiro atoms. The molecule has 104 valence electrons. The first-order chi connectivity index (χ1) is 9.75. The molecular weight excluding hydrogens is 272 g/mol. The third-order valence-corrected chi connectivity index (χ3v) is 5.05. The van der Waals surface area contributed by atoms with E-state index in [0.717, 1.165) is 28.7 Å². The highest BCUT2D eigenvalue weighted by molar-refractivity contribution is 6.30. The van der Waals surface area contributed by atoms with Crippen molar-refractivity contribution in [3.05, 3.63) is 35.0 Å². The Morgan fingerprint density at radius 1 is 1.20 bits per heavy atom. The fourth-order valence-electron chi connectivity index (χ4n) is 3.86. The highest BCUT2D eigenvalue weighted by Gasteiger charge is 2.54. The van der Waals surface area contributed by atoms with Gasteiger partial charge in [0.15, 0.2) is 5.82 Å². The highest BCUT2D eigenvalue weighted by atomic mass is 35.5. The van der Waals surface area contributed by atoms with Gasteiger partial charge in [-0.2, -0.15) is 0 Å². The van der Waals surface area contributed by atoms with E-state index in [1.165, 1.54) is 25.7 Å². The normalized spacial score (nSPS) is 28.1. The Bertz CT molecular complexity index is 640. The average molecular weight is 289 g/mol. The zero-order valence-electron chi connectivity index (χ0n) is 11.2. The second kappa shape index (κ2) is 4.52. The Morgan fingerprint density at radius 3 is 2.65 bits per heavy atom. The zero-order valence-corrected chi connectivity index (χ0v) is 11.9. The number of aromatic nitrogens is 1. The summed E-state index contributed by atoms with van der Waals surface area (Å²) < 4.78 is 5.59. The molecule has 0 radical (unpaired) electrons. The van der Waals surface area contributed by atoms with E-state index in [9.17, 15) is 0 Å². The molecule has 0 aliphatic heterocycles. The molecule has 1 aromatic carbocycles. The number of hydrogen-bond acceptors (Lipinski definition) is 3. The predicted octanol–water partition coefficient (Wildman–Crippen LogP) is 4.48. The lowest BCUT2D eigenvalue weighted by Crippen LogP contribution is -1.91. The maximum Gasteiger partial charge on any atom is 0.175 e. The number of benzene rings is 1. The summed E-state index contributed by atoms with van der Waals surface area (Å²) in [5, 5.41) is 4.71. The fourth-order valence-corrected chi connectivity index (χ4v) is 4.05. The molecule has 1 aromatic heterocycles. The summed E-state index contributed by atoms with van der Waals surface area (Å²) in [6, 6.07) is 7.75. The van der Waals surface area contributed by atoms with Crippen molar-refractivity contribution in [2.75, 3.05) is 5.73 Å². The maximum atomic E-state index is 6.09. The molecule has 20 heavy (non-hydrogen) atoms. The minimum absolute atomic E-state index is 0.478. The summed E-state index contributed by atoms with van der Waals surface area (Å²) in [6.07, 6.45) is 5.30. The maximum absolute atomic E-state index is 6.09. The molecule has 0 amide bonds. The van der Waals surface area contributed by atoms with Crippen molar-refractivity contribution in [2.24, 2.45) is 11.8 Å². The number of nitrogens with two attached hydrogens (primary N) is 1. The van der Waals surface area contributed by atoms with Gasteiger partial charge in [0.25, 0.3) is 0 Å². The van der Waals surface area contributed by atoms with Crippen LogP contribution in [0.15, 0.2) is 28.8 Å². The molecule has 4 rings (SSSR count). The van der Waals surface area contributed by atoms with Gasteiger partial charge in [-0.1, -0.05) is 41.7 Å². The van der Waals surface area contributed by atoms with Gasteiger partial charge in [-0.3, -0.25) is 0 Å². The van der Waals surface area contributed by atoms with Gasteiger partial charge in [0.05, 0.1) is 5.56 Å². The Morgan fingerprint density at radius 2 is 1.95 bits per heavy atom. The molecule has 2 unspecified atom stereocenters. The number of rotatable bonds is 2. The molecule has 2 aromatic rings. The molecule has 2 aliphatic rings. The van der Waals surface area contributed by atoms with Crippen LogP contribution in [0.3, 0.4) is 0 Å². The molecule has 0 saturated heterocycles. The number of anilines is 1. The largest absolute Gasteiger partial charge is 0.380 e. The van der Waals surface area contributed by atoms with Gasteiger partial charge in [-0.15, -0.1) is 0 Å². The third kappa shape index (κ3) is 1.84.